The van der Waals surface area contributed by atoms with Gasteiger partial charge in [0.05, 0.1) is 11.5 Å². The van der Waals surface area contributed by atoms with Gasteiger partial charge in [0.2, 0.25) is 0 Å². The molecule has 1 aromatic carbocycles. The lowest BCUT2D eigenvalue weighted by atomic mass is 9.93. The molecule has 2 N–H and O–H groups in total. The zero-order valence-corrected chi connectivity index (χ0v) is 20.2. The van der Waals surface area contributed by atoms with Crippen molar-refractivity contribution in [2.75, 3.05) is 26.3 Å². The number of aryl methyl sites for hydroxylation is 4. The van der Waals surface area contributed by atoms with Crippen LogP contribution in [0.15, 0.2) is 12.1 Å². The van der Waals surface area contributed by atoms with Crippen LogP contribution >= 0.6 is 11.3 Å². The first-order valence-electron chi connectivity index (χ1n) is 11.5. The zero-order valence-electron chi connectivity index (χ0n) is 19.4. The molecule has 4 nitrogen and oxygen atoms in total. The highest BCUT2D eigenvalue weighted by atomic mass is 32.1. The second-order valence-electron chi connectivity index (χ2n) is 9.79. The summed E-state index contributed by atoms with van der Waals surface area (Å²) in [7, 11) is 0. The fourth-order valence-corrected chi connectivity index (χ4v) is 6.77. The lowest BCUT2D eigenvalue weighted by Crippen LogP contribution is -2.24. The standard InChI is InChI=1S/C26H35NO3S/c1-15-12-18(13-16(2)24(15)30-11-9-27-8-10-28)6-7-21(29)25-19-14-20-23(26(20,4)5)22(19)17(3)31-25/h12-13,20,23,27-28H,6-11,14H2,1-5H3/t20-,23-/m1/s1. The maximum atomic E-state index is 13.1. The average Bonchev–Trinajstić information content (AvgIpc) is 3.03. The van der Waals surface area contributed by atoms with Crippen LogP contribution in [0.1, 0.15) is 68.6 Å². The van der Waals surface area contributed by atoms with Gasteiger partial charge in [-0.2, -0.15) is 0 Å². The number of ketones is 1. The highest BCUT2D eigenvalue weighted by Crippen LogP contribution is 2.71. The van der Waals surface area contributed by atoms with Crippen LogP contribution in [-0.4, -0.2) is 37.2 Å². The maximum absolute atomic E-state index is 13.1. The molecule has 4 rings (SSSR count). The summed E-state index contributed by atoms with van der Waals surface area (Å²) in [5.41, 5.74) is 6.72. The molecule has 2 aliphatic rings. The van der Waals surface area contributed by atoms with E-state index in [9.17, 15) is 4.79 Å². The smallest absolute Gasteiger partial charge is 0.173 e. The van der Waals surface area contributed by atoms with Gasteiger partial charge in [0, 0.05) is 24.4 Å². The Morgan fingerprint density at radius 3 is 2.61 bits per heavy atom. The van der Waals surface area contributed by atoms with Crippen molar-refractivity contribution in [3.8, 4) is 5.75 Å². The van der Waals surface area contributed by atoms with Gasteiger partial charge in [-0.25, -0.2) is 0 Å². The summed E-state index contributed by atoms with van der Waals surface area (Å²) in [6, 6.07) is 4.30. The molecule has 0 radical (unpaired) electrons. The molecule has 5 heteroatoms. The molecule has 2 aliphatic carbocycles. The van der Waals surface area contributed by atoms with Crippen LogP contribution in [0.5, 0.6) is 5.75 Å². The largest absolute Gasteiger partial charge is 0.492 e. The van der Waals surface area contributed by atoms with Gasteiger partial charge in [0.15, 0.2) is 5.78 Å². The Hall–Kier alpha value is -1.69. The summed E-state index contributed by atoms with van der Waals surface area (Å²) < 4.78 is 5.94. The number of aliphatic hydroxyl groups is 1. The van der Waals surface area contributed by atoms with Crippen LogP contribution < -0.4 is 10.1 Å². The third kappa shape index (κ3) is 4.20. The molecule has 0 aliphatic heterocycles. The number of carbonyl (C=O) groups is 1. The van der Waals surface area contributed by atoms with E-state index in [1.54, 1.807) is 11.3 Å². The molecule has 0 spiro atoms. The molecule has 0 saturated heterocycles. The van der Waals surface area contributed by atoms with Gasteiger partial charge in [0.1, 0.15) is 12.4 Å². The SMILES string of the molecule is Cc1cc(CCC(=O)c2sc(C)c3c2C[C@@H]2[C@H]3C2(C)C)cc(C)c1OCCNCCO. The summed E-state index contributed by atoms with van der Waals surface area (Å²) in [6.07, 6.45) is 2.42. The Balaban J connectivity index is 1.37. The number of nitrogens with one attached hydrogen (secondary N) is 1. The lowest BCUT2D eigenvalue weighted by molar-refractivity contribution is 0.0985. The molecule has 1 saturated carbocycles. The first kappa shape index (κ1) is 22.5. The van der Waals surface area contributed by atoms with Crippen LogP contribution in [0.3, 0.4) is 0 Å². The van der Waals surface area contributed by atoms with Crippen LogP contribution in [0.25, 0.3) is 0 Å². The number of thiophene rings is 1. The van der Waals surface area contributed by atoms with E-state index < -0.39 is 0 Å². The number of ether oxygens (including phenoxy) is 1. The molecule has 2 aromatic rings. The van der Waals surface area contributed by atoms with Crippen molar-refractivity contribution < 1.29 is 14.6 Å². The van der Waals surface area contributed by atoms with Crippen molar-refractivity contribution in [3.63, 3.8) is 0 Å². The number of carbonyl (C=O) groups excluding carboxylic acids is 1. The number of hydrogen-bond acceptors (Lipinski definition) is 5. The van der Waals surface area contributed by atoms with E-state index in [0.29, 0.717) is 43.2 Å². The van der Waals surface area contributed by atoms with Gasteiger partial charge in [-0.05, 0) is 78.7 Å². The fraction of sp³-hybridized carbons (Fsp3) is 0.577. The summed E-state index contributed by atoms with van der Waals surface area (Å²) >= 11 is 1.72. The van der Waals surface area contributed by atoms with Crippen LogP contribution in [-0.2, 0) is 12.8 Å². The molecule has 1 fully saturated rings. The number of fused-ring (bicyclic) bond motifs is 3. The normalized spacial score (nSPS) is 20.5. The number of aliphatic hydroxyl groups excluding tert-OH is 1. The Bertz CT molecular complexity index is 968. The topological polar surface area (TPSA) is 58.6 Å². The summed E-state index contributed by atoms with van der Waals surface area (Å²) in [5, 5.41) is 11.9. The number of Topliss-reactive ketones (excluding diaryl/α,β-unsaturated/α-hetero) is 1. The van der Waals surface area contributed by atoms with Crippen molar-refractivity contribution >= 4 is 17.1 Å². The molecular weight excluding hydrogens is 406 g/mol. The van der Waals surface area contributed by atoms with E-state index >= 15 is 0 Å². The maximum Gasteiger partial charge on any atom is 0.173 e. The molecule has 2 atom stereocenters. The van der Waals surface area contributed by atoms with Crippen LogP contribution in [0, 0.1) is 32.1 Å². The second kappa shape index (κ2) is 8.68. The van der Waals surface area contributed by atoms with Gasteiger partial charge < -0.3 is 15.2 Å². The summed E-state index contributed by atoms with van der Waals surface area (Å²) in [6.45, 7) is 13.1. The van der Waals surface area contributed by atoms with E-state index in [1.165, 1.54) is 21.6 Å². The van der Waals surface area contributed by atoms with Crippen molar-refractivity contribution in [2.45, 2.75) is 59.8 Å². The van der Waals surface area contributed by atoms with Crippen LogP contribution in [0.4, 0.5) is 0 Å². The van der Waals surface area contributed by atoms with E-state index in [1.807, 2.05) is 0 Å². The highest BCUT2D eigenvalue weighted by molar-refractivity contribution is 7.14. The monoisotopic (exact) mass is 441 g/mol. The molecule has 168 valence electrons. The predicted octanol–water partition coefficient (Wildman–Crippen LogP) is 4.75. The van der Waals surface area contributed by atoms with Crippen LogP contribution in [0.2, 0.25) is 0 Å². The third-order valence-electron chi connectivity index (χ3n) is 7.25. The minimum absolute atomic E-state index is 0.137. The quantitative estimate of drug-likeness (QED) is 0.413. The fourth-order valence-electron chi connectivity index (χ4n) is 5.57. The molecule has 1 heterocycles. The minimum atomic E-state index is 0.137. The number of benzene rings is 1. The van der Waals surface area contributed by atoms with E-state index in [-0.39, 0.29) is 6.61 Å². The van der Waals surface area contributed by atoms with Gasteiger partial charge in [0.25, 0.3) is 0 Å². The molecule has 0 amide bonds. The second-order valence-corrected chi connectivity index (χ2v) is 11.0. The van der Waals surface area contributed by atoms with Gasteiger partial charge >= 0.3 is 0 Å². The van der Waals surface area contributed by atoms with Crippen molar-refractivity contribution in [1.29, 1.82) is 0 Å². The van der Waals surface area contributed by atoms with Crippen molar-refractivity contribution in [2.24, 2.45) is 11.3 Å². The Morgan fingerprint density at radius 2 is 1.94 bits per heavy atom. The van der Waals surface area contributed by atoms with E-state index in [4.69, 9.17) is 9.84 Å². The lowest BCUT2D eigenvalue weighted by Gasteiger charge is -2.14. The summed E-state index contributed by atoms with van der Waals surface area (Å²) in [4.78, 5) is 15.5. The van der Waals surface area contributed by atoms with E-state index in [2.05, 4.69) is 52.1 Å². The van der Waals surface area contributed by atoms with Crippen molar-refractivity contribution in [1.82, 2.24) is 5.32 Å². The number of rotatable bonds is 10. The first-order chi connectivity index (χ1) is 14.8. The Kier molecular flexibility index (Phi) is 6.30. The molecule has 31 heavy (non-hydrogen) atoms. The van der Waals surface area contributed by atoms with E-state index in [0.717, 1.165) is 40.5 Å². The minimum Gasteiger partial charge on any atom is -0.492 e. The Labute approximate surface area is 190 Å². The average molecular weight is 442 g/mol. The third-order valence-corrected chi connectivity index (χ3v) is 8.45. The molecular formula is C26H35NO3S. The molecule has 1 aromatic heterocycles. The predicted molar refractivity (Wildman–Crippen MR) is 127 cm³/mol. The highest BCUT2D eigenvalue weighted by Gasteiger charge is 2.63. The zero-order chi connectivity index (χ0) is 22.3. The Morgan fingerprint density at radius 1 is 1.23 bits per heavy atom. The molecule has 0 unspecified atom stereocenters. The van der Waals surface area contributed by atoms with Gasteiger partial charge in [-0.3, -0.25) is 4.79 Å². The van der Waals surface area contributed by atoms with Gasteiger partial charge in [-0.15, -0.1) is 11.3 Å². The summed E-state index contributed by atoms with van der Waals surface area (Å²) in [5.74, 6) is 2.65. The van der Waals surface area contributed by atoms with Crippen molar-refractivity contribution in [3.05, 3.63) is 49.7 Å². The number of hydrogen-bond donors (Lipinski definition) is 2. The first-order valence-corrected chi connectivity index (χ1v) is 12.3. The van der Waals surface area contributed by atoms with Gasteiger partial charge in [-0.1, -0.05) is 26.0 Å². The molecule has 0 bridgehead atoms.